The molecule has 0 aromatic carbocycles. The molecule has 0 bridgehead atoms. The van der Waals surface area contributed by atoms with Crippen LogP contribution in [0.5, 0.6) is 0 Å². The van der Waals surface area contributed by atoms with Gasteiger partial charge in [0.1, 0.15) is 0 Å². The number of amides is 3. The Morgan fingerprint density at radius 3 is 2.00 bits per heavy atom. The molecule has 104 valence electrons. The Kier molecular flexibility index (Phi) is 4.99. The molecule has 5 nitrogen and oxygen atoms in total. The minimum absolute atomic E-state index is 0.0142. The first-order chi connectivity index (χ1) is 8.36. The summed E-state index contributed by atoms with van der Waals surface area (Å²) in [5.74, 6) is 0.163. The minimum Gasteiger partial charge on any atom is -0.339 e. The molecule has 0 aromatic heterocycles. The van der Waals surface area contributed by atoms with E-state index in [9.17, 15) is 9.59 Å². The van der Waals surface area contributed by atoms with Gasteiger partial charge in [0.05, 0.1) is 0 Å². The van der Waals surface area contributed by atoms with Gasteiger partial charge in [-0.3, -0.25) is 4.79 Å². The van der Waals surface area contributed by atoms with Crippen molar-refractivity contribution in [1.82, 2.24) is 15.1 Å². The van der Waals surface area contributed by atoms with E-state index >= 15 is 0 Å². The van der Waals surface area contributed by atoms with Crippen LogP contribution in [0.1, 0.15) is 34.1 Å². The molecule has 1 aliphatic rings. The fraction of sp³-hybridized carbons (Fsp3) is 0.846. The highest BCUT2D eigenvalue weighted by atomic mass is 16.2. The van der Waals surface area contributed by atoms with Gasteiger partial charge in [0, 0.05) is 38.1 Å². The number of urea groups is 1. The molecule has 0 radical (unpaired) electrons. The zero-order valence-electron chi connectivity index (χ0n) is 12.0. The normalized spacial score (nSPS) is 16.7. The van der Waals surface area contributed by atoms with E-state index in [1.807, 2.05) is 32.6 Å². The van der Waals surface area contributed by atoms with Crippen LogP contribution in [0.2, 0.25) is 0 Å². The van der Waals surface area contributed by atoms with Crippen molar-refractivity contribution in [3.8, 4) is 0 Å². The molecule has 0 unspecified atom stereocenters. The molecule has 1 rings (SSSR count). The second kappa shape index (κ2) is 6.07. The quantitative estimate of drug-likeness (QED) is 0.808. The predicted molar refractivity (Wildman–Crippen MR) is 71.3 cm³/mol. The lowest BCUT2D eigenvalue weighted by Gasteiger charge is -2.37. The van der Waals surface area contributed by atoms with E-state index in [4.69, 9.17) is 0 Å². The number of nitrogens with zero attached hydrogens (tertiary/aromatic N) is 2. The third kappa shape index (κ3) is 3.89. The summed E-state index contributed by atoms with van der Waals surface area (Å²) in [5.41, 5.74) is -0.341. The second-order valence-corrected chi connectivity index (χ2v) is 5.76. The third-order valence-corrected chi connectivity index (χ3v) is 3.02. The van der Waals surface area contributed by atoms with Crippen LogP contribution in [0.4, 0.5) is 4.79 Å². The van der Waals surface area contributed by atoms with Crippen LogP contribution >= 0.6 is 0 Å². The average molecular weight is 255 g/mol. The number of hydrogen-bond donors (Lipinski definition) is 1. The van der Waals surface area contributed by atoms with Crippen molar-refractivity contribution in [3.05, 3.63) is 0 Å². The smallest absolute Gasteiger partial charge is 0.317 e. The van der Waals surface area contributed by atoms with Crippen molar-refractivity contribution in [2.45, 2.75) is 34.1 Å². The summed E-state index contributed by atoms with van der Waals surface area (Å²) in [6, 6.07) is -0.0142. The fourth-order valence-electron chi connectivity index (χ4n) is 1.93. The topological polar surface area (TPSA) is 52.7 Å². The van der Waals surface area contributed by atoms with Crippen LogP contribution in [-0.4, -0.2) is 54.5 Å². The van der Waals surface area contributed by atoms with Crippen LogP contribution in [0.25, 0.3) is 0 Å². The first-order valence-electron chi connectivity index (χ1n) is 6.68. The van der Waals surface area contributed by atoms with Gasteiger partial charge < -0.3 is 15.1 Å². The highest BCUT2D eigenvalue weighted by molar-refractivity contribution is 5.82. The van der Waals surface area contributed by atoms with Gasteiger partial charge in [-0.05, 0) is 6.42 Å². The van der Waals surface area contributed by atoms with Gasteiger partial charge in [-0.15, -0.1) is 0 Å². The first kappa shape index (κ1) is 14.8. The van der Waals surface area contributed by atoms with Crippen LogP contribution in [0.3, 0.4) is 0 Å². The van der Waals surface area contributed by atoms with Gasteiger partial charge in [-0.1, -0.05) is 27.7 Å². The van der Waals surface area contributed by atoms with Crippen LogP contribution in [-0.2, 0) is 4.79 Å². The predicted octanol–water partition coefficient (Wildman–Crippen LogP) is 1.30. The fourth-order valence-corrected chi connectivity index (χ4v) is 1.93. The monoisotopic (exact) mass is 255 g/mol. The Bertz CT molecular complexity index is 302. The number of carbonyl (C=O) groups is 2. The van der Waals surface area contributed by atoms with Crippen molar-refractivity contribution >= 4 is 11.9 Å². The molecule has 18 heavy (non-hydrogen) atoms. The number of hydrogen-bond acceptors (Lipinski definition) is 2. The largest absolute Gasteiger partial charge is 0.339 e. The van der Waals surface area contributed by atoms with Gasteiger partial charge in [-0.2, -0.15) is 0 Å². The molecular formula is C13H25N3O2. The Morgan fingerprint density at radius 2 is 1.56 bits per heavy atom. The zero-order chi connectivity index (χ0) is 13.8. The molecule has 0 saturated carbocycles. The van der Waals surface area contributed by atoms with E-state index in [0.717, 1.165) is 6.42 Å². The van der Waals surface area contributed by atoms with Crippen LogP contribution in [0.15, 0.2) is 0 Å². The summed E-state index contributed by atoms with van der Waals surface area (Å²) in [4.78, 5) is 27.4. The minimum atomic E-state index is -0.341. The summed E-state index contributed by atoms with van der Waals surface area (Å²) >= 11 is 0. The molecule has 0 aliphatic carbocycles. The van der Waals surface area contributed by atoms with Crippen molar-refractivity contribution in [2.24, 2.45) is 5.41 Å². The molecule has 1 fully saturated rings. The number of carbonyl (C=O) groups excluding carboxylic acids is 2. The summed E-state index contributed by atoms with van der Waals surface area (Å²) in [5, 5.41) is 2.86. The lowest BCUT2D eigenvalue weighted by Crippen LogP contribution is -2.55. The number of piperazine rings is 1. The molecule has 0 aromatic rings. The molecule has 1 N–H and O–H groups in total. The van der Waals surface area contributed by atoms with E-state index < -0.39 is 0 Å². The van der Waals surface area contributed by atoms with E-state index in [1.54, 1.807) is 4.90 Å². The summed E-state index contributed by atoms with van der Waals surface area (Å²) < 4.78 is 0. The van der Waals surface area contributed by atoms with E-state index in [2.05, 4.69) is 5.32 Å². The molecular weight excluding hydrogens is 230 g/mol. The molecule has 1 heterocycles. The first-order valence-corrected chi connectivity index (χ1v) is 6.68. The maximum atomic E-state index is 12.1. The summed E-state index contributed by atoms with van der Waals surface area (Å²) in [6.07, 6.45) is 0.939. The standard InChI is InChI=1S/C13H25N3O2/c1-5-6-14-12(18)16-9-7-15(8-10-16)11(17)13(2,3)4/h5-10H2,1-4H3,(H,14,18). The SMILES string of the molecule is CCCNC(=O)N1CCN(C(=O)C(C)(C)C)CC1. The maximum Gasteiger partial charge on any atom is 0.317 e. The lowest BCUT2D eigenvalue weighted by atomic mass is 9.94. The Morgan fingerprint density at radius 1 is 1.06 bits per heavy atom. The summed E-state index contributed by atoms with van der Waals surface area (Å²) in [7, 11) is 0. The van der Waals surface area contributed by atoms with Gasteiger partial charge >= 0.3 is 6.03 Å². The molecule has 1 aliphatic heterocycles. The molecule has 1 saturated heterocycles. The highest BCUT2D eigenvalue weighted by Crippen LogP contribution is 2.18. The Labute approximate surface area is 110 Å². The van der Waals surface area contributed by atoms with Crippen LogP contribution < -0.4 is 5.32 Å². The van der Waals surface area contributed by atoms with Crippen LogP contribution in [0, 0.1) is 5.41 Å². The third-order valence-electron chi connectivity index (χ3n) is 3.02. The molecule has 3 amide bonds. The second-order valence-electron chi connectivity index (χ2n) is 5.76. The number of rotatable bonds is 2. The van der Waals surface area contributed by atoms with Crippen molar-refractivity contribution in [1.29, 1.82) is 0 Å². The van der Waals surface area contributed by atoms with Gasteiger partial charge in [0.2, 0.25) is 5.91 Å². The van der Waals surface area contributed by atoms with Gasteiger partial charge in [-0.25, -0.2) is 4.79 Å². The maximum absolute atomic E-state index is 12.1. The molecule has 0 spiro atoms. The van der Waals surface area contributed by atoms with E-state index in [1.165, 1.54) is 0 Å². The lowest BCUT2D eigenvalue weighted by molar-refractivity contribution is -0.140. The Balaban J connectivity index is 2.41. The highest BCUT2D eigenvalue weighted by Gasteiger charge is 2.30. The van der Waals surface area contributed by atoms with Crippen molar-refractivity contribution in [2.75, 3.05) is 32.7 Å². The zero-order valence-corrected chi connectivity index (χ0v) is 12.0. The Hall–Kier alpha value is -1.26. The number of nitrogens with one attached hydrogen (secondary N) is 1. The van der Waals surface area contributed by atoms with Crippen molar-refractivity contribution in [3.63, 3.8) is 0 Å². The van der Waals surface area contributed by atoms with Gasteiger partial charge in [0.25, 0.3) is 0 Å². The average Bonchev–Trinajstić information content (AvgIpc) is 2.34. The van der Waals surface area contributed by atoms with E-state index in [0.29, 0.717) is 32.7 Å². The molecule has 0 atom stereocenters. The molecule has 5 heteroatoms. The summed E-state index contributed by atoms with van der Waals surface area (Å²) in [6.45, 7) is 11.0. The van der Waals surface area contributed by atoms with Crippen molar-refractivity contribution < 1.29 is 9.59 Å². The van der Waals surface area contributed by atoms with Gasteiger partial charge in [0.15, 0.2) is 0 Å². The van der Waals surface area contributed by atoms with E-state index in [-0.39, 0.29) is 17.4 Å².